The van der Waals surface area contributed by atoms with Crippen LogP contribution < -0.4 is 0 Å². The van der Waals surface area contributed by atoms with Gasteiger partial charge in [-0.1, -0.05) is 0 Å². The summed E-state index contributed by atoms with van der Waals surface area (Å²) in [5.41, 5.74) is -1.03. The summed E-state index contributed by atoms with van der Waals surface area (Å²) in [5.74, 6) is -0.584. The topological polar surface area (TPSA) is 74.8 Å². The van der Waals surface area contributed by atoms with Crippen molar-refractivity contribution in [3.05, 3.63) is 0 Å². The summed E-state index contributed by atoms with van der Waals surface area (Å²) in [6, 6.07) is -0.526. The molecule has 0 aliphatic carbocycles. The number of hydrogen-bond donors (Lipinski definition) is 0. The van der Waals surface area contributed by atoms with E-state index in [1.165, 1.54) is 0 Å². The van der Waals surface area contributed by atoms with E-state index in [0.29, 0.717) is 19.3 Å². The van der Waals surface area contributed by atoms with E-state index in [1.807, 2.05) is 27.7 Å². The first kappa shape index (κ1) is 21.8. The minimum Gasteiger partial charge on any atom is -0.334 e. The molecule has 2 rings (SSSR count). The van der Waals surface area contributed by atoms with Gasteiger partial charge in [0.25, 0.3) is 0 Å². The third-order valence-corrected chi connectivity index (χ3v) is 7.65. The molecule has 2 aliphatic rings. The fourth-order valence-corrected chi connectivity index (χ4v) is 6.90. The quantitative estimate of drug-likeness (QED) is 0.644. The summed E-state index contributed by atoms with van der Waals surface area (Å²) >= 11 is 11.6. The van der Waals surface area contributed by atoms with Gasteiger partial charge in [0.1, 0.15) is 11.8 Å². The molecular weight excluding hydrogens is 399 g/mol. The largest absolute Gasteiger partial charge is 0.334 e. The maximum atomic E-state index is 12.6. The average Bonchev–Trinajstić information content (AvgIpc) is 2.84. The van der Waals surface area contributed by atoms with Crippen molar-refractivity contribution in [3.63, 3.8) is 0 Å². The Bertz CT molecular complexity index is 660. The molecule has 0 N–H and O–H groups in total. The van der Waals surface area contributed by atoms with Crippen LogP contribution in [0.3, 0.4) is 0 Å². The number of sulfone groups is 1. The van der Waals surface area contributed by atoms with Gasteiger partial charge in [-0.25, -0.2) is 8.42 Å². The van der Waals surface area contributed by atoms with Crippen LogP contribution in [0.15, 0.2) is 0 Å². The van der Waals surface area contributed by atoms with Gasteiger partial charge in [-0.15, -0.1) is 23.2 Å². The molecule has 2 amide bonds. The summed E-state index contributed by atoms with van der Waals surface area (Å²) in [4.78, 5) is 28.5. The first-order chi connectivity index (χ1) is 11.8. The summed E-state index contributed by atoms with van der Waals surface area (Å²) in [5, 5.41) is 0. The molecule has 0 bridgehead atoms. The van der Waals surface area contributed by atoms with Crippen molar-refractivity contribution in [2.75, 3.05) is 23.3 Å². The van der Waals surface area contributed by atoms with Crippen molar-refractivity contribution in [2.45, 2.75) is 70.1 Å². The Morgan fingerprint density at radius 1 is 1.04 bits per heavy atom. The van der Waals surface area contributed by atoms with Gasteiger partial charge in [0.2, 0.25) is 11.8 Å². The van der Waals surface area contributed by atoms with E-state index in [1.54, 1.807) is 9.80 Å². The van der Waals surface area contributed by atoms with Crippen LogP contribution in [-0.2, 0) is 19.4 Å². The summed E-state index contributed by atoms with van der Waals surface area (Å²) in [7, 11) is -3.13. The smallest absolute Gasteiger partial charge is 0.238 e. The molecule has 26 heavy (non-hydrogen) atoms. The van der Waals surface area contributed by atoms with E-state index >= 15 is 0 Å². The average molecular weight is 427 g/mol. The van der Waals surface area contributed by atoms with Gasteiger partial charge in [-0.2, -0.15) is 0 Å². The molecule has 0 radical (unpaired) electrons. The number of alkyl halides is 2. The first-order valence-electron chi connectivity index (χ1n) is 8.81. The van der Waals surface area contributed by atoms with Crippen molar-refractivity contribution >= 4 is 44.9 Å². The van der Waals surface area contributed by atoms with Crippen LogP contribution in [0.5, 0.6) is 0 Å². The molecule has 6 nitrogen and oxygen atoms in total. The van der Waals surface area contributed by atoms with E-state index in [0.717, 1.165) is 0 Å². The predicted molar refractivity (Wildman–Crippen MR) is 103 cm³/mol. The first-order valence-corrected chi connectivity index (χ1v) is 11.7. The van der Waals surface area contributed by atoms with Crippen molar-refractivity contribution in [1.29, 1.82) is 0 Å². The van der Waals surface area contributed by atoms with Gasteiger partial charge < -0.3 is 9.80 Å². The molecule has 0 aromatic carbocycles. The lowest BCUT2D eigenvalue weighted by atomic mass is 9.76. The number of rotatable bonds is 4. The molecule has 0 saturated carbocycles. The minimum absolute atomic E-state index is 0.0166. The molecule has 2 aliphatic heterocycles. The Morgan fingerprint density at radius 2 is 1.58 bits per heavy atom. The summed E-state index contributed by atoms with van der Waals surface area (Å²) < 4.78 is 23.9. The molecule has 0 spiro atoms. The van der Waals surface area contributed by atoms with Gasteiger partial charge in [-0.3, -0.25) is 9.59 Å². The molecule has 2 heterocycles. The highest BCUT2D eigenvalue weighted by molar-refractivity contribution is 7.91. The highest BCUT2D eigenvalue weighted by atomic mass is 35.5. The zero-order valence-electron chi connectivity index (χ0n) is 15.8. The molecule has 150 valence electrons. The number of carbonyl (C=O) groups excluding carboxylic acids is 2. The Hall–Kier alpha value is -0.530. The maximum absolute atomic E-state index is 12.6. The van der Waals surface area contributed by atoms with Crippen LogP contribution in [-0.4, -0.2) is 76.5 Å². The lowest BCUT2D eigenvalue weighted by Crippen LogP contribution is -2.67. The van der Waals surface area contributed by atoms with E-state index < -0.39 is 20.9 Å². The monoisotopic (exact) mass is 426 g/mol. The van der Waals surface area contributed by atoms with Crippen LogP contribution in [0.4, 0.5) is 0 Å². The van der Waals surface area contributed by atoms with Crippen molar-refractivity contribution in [1.82, 2.24) is 9.80 Å². The standard InChI is InChI=1S/C17H28Cl2N2O4S/c1-16(2)7-13(8-17(3,4)21(16)15(23)10-19)20(14(22)9-18)12-5-6-26(24,25)11-12/h12-13H,5-11H2,1-4H3/t12-/m1/s1. The second kappa shape index (κ2) is 7.47. The molecule has 9 heteroatoms. The fraction of sp³-hybridized carbons (Fsp3) is 0.882. The number of carbonyl (C=O) groups is 2. The van der Waals surface area contributed by atoms with Crippen molar-refractivity contribution in [2.24, 2.45) is 0 Å². The van der Waals surface area contributed by atoms with E-state index in [-0.39, 0.29) is 47.2 Å². The summed E-state index contributed by atoms with van der Waals surface area (Å²) in [6.07, 6.45) is 1.54. The Labute approximate surface area is 166 Å². The van der Waals surface area contributed by atoms with Gasteiger partial charge in [0.15, 0.2) is 9.84 Å². The fourth-order valence-electron chi connectivity index (χ4n) is 4.93. The van der Waals surface area contributed by atoms with E-state index in [4.69, 9.17) is 23.2 Å². The number of amides is 2. The number of nitrogens with zero attached hydrogens (tertiary/aromatic N) is 2. The highest BCUT2D eigenvalue weighted by Gasteiger charge is 2.51. The Morgan fingerprint density at radius 3 is 1.96 bits per heavy atom. The van der Waals surface area contributed by atoms with Crippen LogP contribution in [0.1, 0.15) is 47.0 Å². The van der Waals surface area contributed by atoms with Crippen LogP contribution in [0.25, 0.3) is 0 Å². The number of likely N-dealkylation sites (tertiary alicyclic amines) is 1. The molecule has 0 unspecified atom stereocenters. The highest BCUT2D eigenvalue weighted by Crippen LogP contribution is 2.41. The third kappa shape index (κ3) is 4.30. The van der Waals surface area contributed by atoms with Gasteiger partial charge in [0, 0.05) is 23.2 Å². The van der Waals surface area contributed by atoms with Gasteiger partial charge >= 0.3 is 0 Å². The molecular formula is C17H28Cl2N2O4S. The number of hydrogen-bond acceptors (Lipinski definition) is 4. The maximum Gasteiger partial charge on any atom is 0.238 e. The number of piperidine rings is 1. The molecule has 2 saturated heterocycles. The number of halogens is 2. The van der Waals surface area contributed by atoms with E-state index in [9.17, 15) is 18.0 Å². The zero-order valence-corrected chi connectivity index (χ0v) is 18.1. The third-order valence-electron chi connectivity index (χ3n) is 5.44. The van der Waals surface area contributed by atoms with E-state index in [2.05, 4.69) is 0 Å². The molecule has 0 aromatic rings. The predicted octanol–water partition coefficient (Wildman–Crippen LogP) is 2.03. The second-order valence-corrected chi connectivity index (χ2v) is 11.3. The van der Waals surface area contributed by atoms with Crippen LogP contribution in [0.2, 0.25) is 0 Å². The van der Waals surface area contributed by atoms with Crippen LogP contribution >= 0.6 is 23.2 Å². The Balaban J connectivity index is 2.36. The Kier molecular flexibility index (Phi) is 6.26. The molecule has 2 fully saturated rings. The lowest BCUT2D eigenvalue weighted by molar-refractivity contribution is -0.153. The van der Waals surface area contributed by atoms with Gasteiger partial charge in [0.05, 0.1) is 11.5 Å². The minimum atomic E-state index is -3.13. The van der Waals surface area contributed by atoms with Crippen molar-refractivity contribution < 1.29 is 18.0 Å². The zero-order chi connectivity index (χ0) is 19.9. The van der Waals surface area contributed by atoms with Gasteiger partial charge in [-0.05, 0) is 47.0 Å². The normalized spacial score (nSPS) is 27.3. The SMILES string of the molecule is CC1(C)CC(N(C(=O)CCl)[C@@H]2CCS(=O)(=O)C2)CC(C)(C)N1C(=O)CCl. The molecule has 0 aromatic heterocycles. The second-order valence-electron chi connectivity index (χ2n) is 8.54. The lowest BCUT2D eigenvalue weighted by Gasteiger charge is -2.57. The van der Waals surface area contributed by atoms with Crippen LogP contribution in [0, 0.1) is 0 Å². The summed E-state index contributed by atoms with van der Waals surface area (Å²) in [6.45, 7) is 7.83. The molecule has 1 atom stereocenters. The van der Waals surface area contributed by atoms with Crippen molar-refractivity contribution in [3.8, 4) is 0 Å².